The first kappa shape index (κ1) is 23.2. The lowest BCUT2D eigenvalue weighted by Gasteiger charge is -2.11. The molecule has 1 heterocycles. The van der Waals surface area contributed by atoms with E-state index in [0.29, 0.717) is 13.0 Å². The van der Waals surface area contributed by atoms with E-state index in [0.717, 1.165) is 51.2 Å². The third kappa shape index (κ3) is 11.7. The highest BCUT2D eigenvalue weighted by atomic mass is 127. The molecule has 0 aliphatic rings. The molecule has 5 nitrogen and oxygen atoms in total. The number of aliphatic imine (C=N–C) groups is 1. The molecule has 0 aliphatic heterocycles. The largest absolute Gasteiger partial charge is 0.466 e. The highest BCUT2D eigenvalue weighted by Gasteiger charge is 2.01. The molecule has 0 amide bonds. The van der Waals surface area contributed by atoms with Gasteiger partial charge in [-0.2, -0.15) is 0 Å². The van der Waals surface area contributed by atoms with Gasteiger partial charge in [-0.05, 0) is 37.6 Å². The second kappa shape index (κ2) is 15.7. The minimum Gasteiger partial charge on any atom is -0.466 e. The van der Waals surface area contributed by atoms with Crippen molar-refractivity contribution in [3.8, 4) is 0 Å². The van der Waals surface area contributed by atoms with Gasteiger partial charge in [0.25, 0.3) is 0 Å². The van der Waals surface area contributed by atoms with Crippen LogP contribution in [0, 0.1) is 0 Å². The molecule has 0 saturated heterocycles. The van der Waals surface area contributed by atoms with E-state index in [4.69, 9.17) is 4.74 Å². The fraction of sp³-hybridized carbons (Fsp3) is 0.647. The molecule has 0 aliphatic carbocycles. The molecule has 0 saturated carbocycles. The third-order valence-electron chi connectivity index (χ3n) is 3.37. The number of halogens is 1. The second-order valence-electron chi connectivity index (χ2n) is 5.22. The molecule has 0 spiro atoms. The molecule has 1 aromatic heterocycles. The molecule has 0 atom stereocenters. The number of rotatable bonds is 11. The van der Waals surface area contributed by atoms with E-state index in [9.17, 15) is 4.79 Å². The average Bonchev–Trinajstić information content (AvgIpc) is 3.05. The Labute approximate surface area is 166 Å². The van der Waals surface area contributed by atoms with Gasteiger partial charge in [0.2, 0.25) is 0 Å². The SMILES string of the molecule is CCOC(=O)CCCCCCNC(=NC)NCCc1cccs1.I. The third-order valence-corrected chi connectivity index (χ3v) is 4.31. The van der Waals surface area contributed by atoms with E-state index in [2.05, 4.69) is 33.1 Å². The maximum Gasteiger partial charge on any atom is 0.305 e. The Kier molecular flexibility index (Phi) is 15.1. The molecule has 2 N–H and O–H groups in total. The summed E-state index contributed by atoms with van der Waals surface area (Å²) >= 11 is 1.78. The molecule has 0 aromatic carbocycles. The van der Waals surface area contributed by atoms with Crippen LogP contribution in [0.4, 0.5) is 0 Å². The van der Waals surface area contributed by atoms with E-state index in [1.54, 1.807) is 18.4 Å². The maximum absolute atomic E-state index is 11.2. The molecule has 7 heteroatoms. The first-order valence-electron chi connectivity index (χ1n) is 8.38. The summed E-state index contributed by atoms with van der Waals surface area (Å²) in [5.74, 6) is 0.772. The molecule has 1 rings (SSSR count). The zero-order chi connectivity index (χ0) is 16.8. The van der Waals surface area contributed by atoms with Crippen LogP contribution in [0.5, 0.6) is 0 Å². The molecule has 0 bridgehead atoms. The van der Waals surface area contributed by atoms with Gasteiger partial charge in [0.05, 0.1) is 6.61 Å². The van der Waals surface area contributed by atoms with Crippen molar-refractivity contribution in [3.05, 3.63) is 22.4 Å². The number of nitrogens with zero attached hydrogens (tertiary/aromatic N) is 1. The van der Waals surface area contributed by atoms with Gasteiger partial charge in [0.15, 0.2) is 5.96 Å². The van der Waals surface area contributed by atoms with Crippen LogP contribution < -0.4 is 10.6 Å². The summed E-state index contributed by atoms with van der Waals surface area (Å²) < 4.78 is 4.91. The van der Waals surface area contributed by atoms with Crippen molar-refractivity contribution in [2.45, 2.75) is 45.4 Å². The van der Waals surface area contributed by atoms with Crippen molar-refractivity contribution >= 4 is 47.2 Å². The van der Waals surface area contributed by atoms with Crippen LogP contribution in [0.2, 0.25) is 0 Å². The normalized spacial score (nSPS) is 10.8. The topological polar surface area (TPSA) is 62.7 Å². The van der Waals surface area contributed by atoms with Gasteiger partial charge in [0.1, 0.15) is 0 Å². The van der Waals surface area contributed by atoms with Crippen molar-refractivity contribution in [1.29, 1.82) is 0 Å². The number of unbranched alkanes of at least 4 members (excludes halogenated alkanes) is 3. The number of ether oxygens (including phenoxy) is 1. The lowest BCUT2D eigenvalue weighted by molar-refractivity contribution is -0.143. The first-order valence-corrected chi connectivity index (χ1v) is 9.26. The van der Waals surface area contributed by atoms with Gasteiger partial charge in [0, 0.05) is 31.4 Å². The van der Waals surface area contributed by atoms with Gasteiger partial charge in [-0.25, -0.2) is 0 Å². The van der Waals surface area contributed by atoms with Crippen LogP contribution in [-0.4, -0.2) is 38.7 Å². The number of hydrogen-bond donors (Lipinski definition) is 2. The zero-order valence-corrected chi connectivity index (χ0v) is 17.8. The minimum absolute atomic E-state index is 0. The van der Waals surface area contributed by atoms with Crippen molar-refractivity contribution in [2.75, 3.05) is 26.7 Å². The summed E-state index contributed by atoms with van der Waals surface area (Å²) in [5.41, 5.74) is 0. The number of guanidine groups is 1. The Hall–Kier alpha value is -0.830. The quantitative estimate of drug-likeness (QED) is 0.172. The van der Waals surface area contributed by atoms with Crippen LogP contribution in [0.15, 0.2) is 22.5 Å². The van der Waals surface area contributed by atoms with Crippen LogP contribution in [0.3, 0.4) is 0 Å². The molecular formula is C17H30IN3O2S. The summed E-state index contributed by atoms with van der Waals surface area (Å²) in [6.07, 6.45) is 5.71. The maximum atomic E-state index is 11.2. The summed E-state index contributed by atoms with van der Waals surface area (Å²) in [4.78, 5) is 16.8. The number of nitrogens with one attached hydrogen (secondary N) is 2. The lowest BCUT2D eigenvalue weighted by Crippen LogP contribution is -2.38. The number of carbonyl (C=O) groups is 1. The van der Waals surface area contributed by atoms with Gasteiger partial charge in [-0.1, -0.05) is 18.9 Å². The van der Waals surface area contributed by atoms with Crippen LogP contribution >= 0.6 is 35.3 Å². The Morgan fingerprint density at radius 3 is 2.62 bits per heavy atom. The minimum atomic E-state index is -0.0824. The van der Waals surface area contributed by atoms with Crippen molar-refractivity contribution in [3.63, 3.8) is 0 Å². The summed E-state index contributed by atoms with van der Waals surface area (Å²) in [6.45, 7) is 4.10. The smallest absolute Gasteiger partial charge is 0.305 e. The van der Waals surface area contributed by atoms with Gasteiger partial charge in [-0.15, -0.1) is 35.3 Å². The summed E-state index contributed by atoms with van der Waals surface area (Å²) in [5, 5.41) is 8.74. The van der Waals surface area contributed by atoms with Crippen molar-refractivity contribution in [2.24, 2.45) is 4.99 Å². The highest BCUT2D eigenvalue weighted by molar-refractivity contribution is 14.0. The first-order chi connectivity index (χ1) is 11.3. The van der Waals surface area contributed by atoms with Crippen molar-refractivity contribution in [1.82, 2.24) is 10.6 Å². The number of esters is 1. The number of carbonyl (C=O) groups excluding carboxylic acids is 1. The highest BCUT2D eigenvalue weighted by Crippen LogP contribution is 2.08. The number of thiophene rings is 1. The molecule has 0 radical (unpaired) electrons. The molecular weight excluding hydrogens is 437 g/mol. The molecule has 0 unspecified atom stereocenters. The fourth-order valence-electron chi connectivity index (χ4n) is 2.17. The van der Waals surface area contributed by atoms with E-state index in [1.165, 1.54) is 4.88 Å². The second-order valence-corrected chi connectivity index (χ2v) is 6.26. The van der Waals surface area contributed by atoms with Crippen molar-refractivity contribution < 1.29 is 9.53 Å². The predicted molar refractivity (Wildman–Crippen MR) is 113 cm³/mol. The Bertz CT molecular complexity index is 453. The number of hydrogen-bond acceptors (Lipinski definition) is 4. The summed E-state index contributed by atoms with van der Waals surface area (Å²) in [7, 11) is 1.79. The van der Waals surface area contributed by atoms with Gasteiger partial charge >= 0.3 is 5.97 Å². The Balaban J connectivity index is 0.00000529. The van der Waals surface area contributed by atoms with E-state index in [-0.39, 0.29) is 29.9 Å². The Morgan fingerprint density at radius 1 is 1.21 bits per heavy atom. The molecule has 138 valence electrons. The standard InChI is InChI=1S/C17H29N3O2S.HI/c1-3-22-16(21)10-6-4-5-7-12-19-17(18-2)20-13-11-15-9-8-14-23-15;/h8-9,14H,3-7,10-13H2,1-2H3,(H2,18,19,20);1H. The molecule has 1 aromatic rings. The van der Waals surface area contributed by atoms with E-state index < -0.39 is 0 Å². The fourth-order valence-corrected chi connectivity index (χ4v) is 2.88. The van der Waals surface area contributed by atoms with E-state index >= 15 is 0 Å². The molecule has 24 heavy (non-hydrogen) atoms. The monoisotopic (exact) mass is 467 g/mol. The van der Waals surface area contributed by atoms with Gasteiger partial charge in [-0.3, -0.25) is 9.79 Å². The average molecular weight is 467 g/mol. The van der Waals surface area contributed by atoms with Crippen LogP contribution in [0.25, 0.3) is 0 Å². The van der Waals surface area contributed by atoms with Gasteiger partial charge < -0.3 is 15.4 Å². The molecule has 0 fully saturated rings. The van der Waals surface area contributed by atoms with Crippen LogP contribution in [0.1, 0.15) is 43.9 Å². The Morgan fingerprint density at radius 2 is 1.96 bits per heavy atom. The van der Waals surface area contributed by atoms with Crippen LogP contribution in [-0.2, 0) is 16.0 Å². The predicted octanol–water partition coefficient (Wildman–Crippen LogP) is 3.59. The van der Waals surface area contributed by atoms with E-state index in [1.807, 2.05) is 6.92 Å². The zero-order valence-electron chi connectivity index (χ0n) is 14.7. The lowest BCUT2D eigenvalue weighted by atomic mass is 10.1. The summed E-state index contributed by atoms with van der Waals surface area (Å²) in [6, 6.07) is 4.23.